The molecule has 29 heavy (non-hydrogen) atoms. The van der Waals surface area contributed by atoms with Crippen LogP contribution in [0.3, 0.4) is 0 Å². The quantitative estimate of drug-likeness (QED) is 0.637. The highest BCUT2D eigenvalue weighted by Gasteiger charge is 2.36. The van der Waals surface area contributed by atoms with Crippen LogP contribution >= 0.6 is 0 Å². The maximum atomic E-state index is 13.8. The van der Waals surface area contributed by atoms with E-state index in [4.69, 9.17) is 0 Å². The van der Waals surface area contributed by atoms with E-state index in [1.807, 2.05) is 20.8 Å². The van der Waals surface area contributed by atoms with Crippen molar-refractivity contribution in [3.63, 3.8) is 0 Å². The van der Waals surface area contributed by atoms with E-state index in [1.54, 1.807) is 12.1 Å². The summed E-state index contributed by atoms with van der Waals surface area (Å²) in [5.74, 6) is -3.36. The van der Waals surface area contributed by atoms with Crippen molar-refractivity contribution in [3.8, 4) is 0 Å². The molecule has 0 atom stereocenters. The standard InChI is InChI=1S/C21H22F2N2O2.C2H6/c1-4-16(17-11-21(22,23)8-7-12(17)2)20(27)24-15-9-13(3)19-14(10-15)5-6-18(26)25-19;1-2/h4,9-10H,1-2,5-8,11H2,3H3,(H,24,27)(H,25,26);1-2H3/b17-16+;. The monoisotopic (exact) mass is 402 g/mol. The number of hydrogen-bond donors (Lipinski definition) is 2. The zero-order valence-corrected chi connectivity index (χ0v) is 17.3. The third kappa shape index (κ3) is 5.19. The van der Waals surface area contributed by atoms with E-state index >= 15 is 0 Å². The van der Waals surface area contributed by atoms with Gasteiger partial charge in [0, 0.05) is 36.2 Å². The molecule has 1 heterocycles. The maximum Gasteiger partial charge on any atom is 0.255 e. The second-order valence-electron chi connectivity index (χ2n) is 7.06. The molecule has 0 saturated heterocycles. The first kappa shape index (κ1) is 22.5. The summed E-state index contributed by atoms with van der Waals surface area (Å²) in [7, 11) is 0. The van der Waals surface area contributed by atoms with Crippen LogP contribution in [-0.2, 0) is 16.0 Å². The number of anilines is 2. The lowest BCUT2D eigenvalue weighted by Crippen LogP contribution is -2.25. The molecule has 1 aliphatic carbocycles. The molecule has 0 aromatic heterocycles. The van der Waals surface area contributed by atoms with Crippen LogP contribution in [-0.4, -0.2) is 17.7 Å². The van der Waals surface area contributed by atoms with E-state index in [2.05, 4.69) is 23.8 Å². The van der Waals surface area contributed by atoms with Gasteiger partial charge in [-0.1, -0.05) is 38.7 Å². The van der Waals surface area contributed by atoms with Gasteiger partial charge in [-0.3, -0.25) is 9.59 Å². The normalized spacial score (nSPS) is 19.2. The van der Waals surface area contributed by atoms with Crippen LogP contribution < -0.4 is 10.6 Å². The number of allylic oxidation sites excluding steroid dienone is 2. The van der Waals surface area contributed by atoms with Gasteiger partial charge in [-0.05, 0) is 48.6 Å². The molecule has 1 aromatic rings. The smallest absolute Gasteiger partial charge is 0.255 e. The van der Waals surface area contributed by atoms with E-state index in [9.17, 15) is 18.4 Å². The molecule has 1 saturated carbocycles. The van der Waals surface area contributed by atoms with Crippen LogP contribution in [0.2, 0.25) is 0 Å². The van der Waals surface area contributed by atoms with Gasteiger partial charge in [0.2, 0.25) is 5.91 Å². The van der Waals surface area contributed by atoms with E-state index in [0.717, 1.165) is 16.8 Å². The fourth-order valence-electron chi connectivity index (χ4n) is 3.55. The van der Waals surface area contributed by atoms with Gasteiger partial charge >= 0.3 is 0 Å². The Bertz CT molecular complexity index is 885. The fraction of sp³-hybridized carbons (Fsp3) is 0.391. The second-order valence-corrected chi connectivity index (χ2v) is 7.06. The molecule has 6 heteroatoms. The topological polar surface area (TPSA) is 58.2 Å². The van der Waals surface area contributed by atoms with Crippen molar-refractivity contribution in [1.82, 2.24) is 0 Å². The van der Waals surface area contributed by atoms with Gasteiger partial charge < -0.3 is 10.6 Å². The summed E-state index contributed by atoms with van der Waals surface area (Å²) in [6, 6.07) is 3.55. The number of nitrogens with one attached hydrogen (secondary N) is 2. The molecule has 4 nitrogen and oxygen atoms in total. The van der Waals surface area contributed by atoms with Crippen molar-refractivity contribution >= 4 is 23.2 Å². The molecule has 0 radical (unpaired) electrons. The molecule has 0 bridgehead atoms. The Hall–Kier alpha value is -2.76. The summed E-state index contributed by atoms with van der Waals surface area (Å²) in [4.78, 5) is 24.3. The number of rotatable bonds is 3. The number of amides is 2. The minimum Gasteiger partial charge on any atom is -0.326 e. The summed E-state index contributed by atoms with van der Waals surface area (Å²) < 4.78 is 27.6. The number of fused-ring (bicyclic) bond motifs is 1. The predicted molar refractivity (Wildman–Crippen MR) is 113 cm³/mol. The first-order valence-corrected chi connectivity index (χ1v) is 9.86. The Morgan fingerprint density at radius 1 is 1.24 bits per heavy atom. The summed E-state index contributed by atoms with van der Waals surface area (Å²) >= 11 is 0. The van der Waals surface area contributed by atoms with Gasteiger partial charge in [-0.25, -0.2) is 8.78 Å². The van der Waals surface area contributed by atoms with Gasteiger partial charge in [-0.15, -0.1) is 0 Å². The van der Waals surface area contributed by atoms with Crippen molar-refractivity contribution in [3.05, 3.63) is 59.2 Å². The molecule has 0 spiro atoms. The lowest BCUT2D eigenvalue weighted by molar-refractivity contribution is -0.116. The molecule has 1 fully saturated rings. The zero-order valence-electron chi connectivity index (χ0n) is 17.3. The van der Waals surface area contributed by atoms with Crippen molar-refractivity contribution in [2.75, 3.05) is 10.6 Å². The van der Waals surface area contributed by atoms with Gasteiger partial charge in [0.25, 0.3) is 11.8 Å². The van der Waals surface area contributed by atoms with E-state index in [-0.39, 0.29) is 29.9 Å². The number of aryl methyl sites for hydroxylation is 2. The second kappa shape index (κ2) is 9.16. The zero-order chi connectivity index (χ0) is 21.8. The van der Waals surface area contributed by atoms with Crippen LogP contribution in [0.1, 0.15) is 50.7 Å². The first-order valence-electron chi connectivity index (χ1n) is 9.86. The molecule has 1 aromatic carbocycles. The Balaban J connectivity index is 0.00000145. The highest BCUT2D eigenvalue weighted by atomic mass is 19.3. The van der Waals surface area contributed by atoms with Crippen molar-refractivity contribution in [1.29, 1.82) is 0 Å². The summed E-state index contributed by atoms with van der Waals surface area (Å²) in [5.41, 5.74) is 4.04. The van der Waals surface area contributed by atoms with Crippen LogP contribution in [0.15, 0.2) is 48.1 Å². The summed E-state index contributed by atoms with van der Waals surface area (Å²) in [5, 5.41) is 5.61. The van der Waals surface area contributed by atoms with Crippen LogP contribution in [0.5, 0.6) is 0 Å². The number of hydrogen-bond acceptors (Lipinski definition) is 2. The number of carbonyl (C=O) groups is 2. The lowest BCUT2D eigenvalue weighted by Gasteiger charge is -2.27. The molecule has 2 N–H and O–H groups in total. The average molecular weight is 402 g/mol. The average Bonchev–Trinajstić information content (AvgIpc) is 2.67. The summed E-state index contributed by atoms with van der Waals surface area (Å²) in [6.45, 7) is 13.3. The molecule has 2 amide bonds. The highest BCUT2D eigenvalue weighted by Crippen LogP contribution is 2.40. The SMILES string of the molecule is C=C/C(C(=O)Nc1cc(C)c2c(c1)CCC(=O)N2)=C1/CC(F)(F)CCC1=C.CC. The maximum absolute atomic E-state index is 13.8. The van der Waals surface area contributed by atoms with Crippen molar-refractivity contribution in [2.24, 2.45) is 0 Å². The first-order chi connectivity index (χ1) is 13.7. The lowest BCUT2D eigenvalue weighted by atomic mass is 9.84. The van der Waals surface area contributed by atoms with Gasteiger partial charge in [-0.2, -0.15) is 0 Å². The van der Waals surface area contributed by atoms with Gasteiger partial charge in [0.05, 0.1) is 0 Å². The number of alkyl halides is 2. The minimum atomic E-state index is -2.84. The van der Waals surface area contributed by atoms with Crippen LogP contribution in [0.25, 0.3) is 0 Å². The Morgan fingerprint density at radius 2 is 1.93 bits per heavy atom. The van der Waals surface area contributed by atoms with Crippen LogP contribution in [0, 0.1) is 6.92 Å². The Labute approximate surface area is 170 Å². The van der Waals surface area contributed by atoms with Crippen molar-refractivity contribution in [2.45, 2.75) is 58.8 Å². The summed E-state index contributed by atoms with van der Waals surface area (Å²) in [6.07, 6.45) is 1.69. The highest BCUT2D eigenvalue weighted by molar-refractivity contribution is 6.07. The molecular weight excluding hydrogens is 374 g/mol. The molecule has 156 valence electrons. The van der Waals surface area contributed by atoms with E-state index in [0.29, 0.717) is 24.1 Å². The minimum absolute atomic E-state index is 0.0298. The molecular formula is C23H28F2N2O2. The van der Waals surface area contributed by atoms with E-state index in [1.165, 1.54) is 6.08 Å². The fourth-order valence-corrected chi connectivity index (χ4v) is 3.55. The largest absolute Gasteiger partial charge is 0.326 e. The number of halogens is 2. The van der Waals surface area contributed by atoms with Crippen LogP contribution in [0.4, 0.5) is 20.2 Å². The Morgan fingerprint density at radius 3 is 2.59 bits per heavy atom. The van der Waals surface area contributed by atoms with Gasteiger partial charge in [0.1, 0.15) is 0 Å². The molecule has 3 rings (SSSR count). The van der Waals surface area contributed by atoms with Crippen molar-refractivity contribution < 1.29 is 18.4 Å². The molecule has 0 unspecified atom stereocenters. The predicted octanol–water partition coefficient (Wildman–Crippen LogP) is 5.70. The van der Waals surface area contributed by atoms with Gasteiger partial charge in [0.15, 0.2) is 0 Å². The Kier molecular flexibility index (Phi) is 7.11. The molecule has 2 aliphatic rings. The third-order valence-corrected chi connectivity index (χ3v) is 4.99. The third-order valence-electron chi connectivity index (χ3n) is 4.99. The number of benzene rings is 1. The number of carbonyl (C=O) groups excluding carboxylic acids is 2. The molecule has 1 aliphatic heterocycles. The van der Waals surface area contributed by atoms with E-state index < -0.39 is 18.3 Å².